The molecule has 3 heteroatoms. The predicted molar refractivity (Wildman–Crippen MR) is 45.7 cm³/mol. The van der Waals surface area contributed by atoms with Gasteiger partial charge in [-0.1, -0.05) is 0 Å². The Labute approximate surface area is 75.7 Å². The van der Waals surface area contributed by atoms with Crippen LogP contribution in [0.3, 0.4) is 0 Å². The number of carbonyl (C=O) groups excluding carboxylic acids is 2. The van der Waals surface area contributed by atoms with Crippen LogP contribution in [0.25, 0.3) is 0 Å². The molecule has 0 spiro atoms. The van der Waals surface area contributed by atoms with Gasteiger partial charge in [0.15, 0.2) is 5.78 Å². The fourth-order valence-corrected chi connectivity index (χ4v) is 1.75. The van der Waals surface area contributed by atoms with Crippen LogP contribution in [0.5, 0.6) is 0 Å². The number of hydrogen-bond donors (Lipinski definition) is 0. The van der Waals surface area contributed by atoms with Crippen molar-refractivity contribution in [1.82, 2.24) is 0 Å². The van der Waals surface area contributed by atoms with Crippen molar-refractivity contribution in [2.75, 3.05) is 0 Å². The Morgan fingerprint density at radius 3 is 3.08 bits per heavy atom. The molecule has 1 aliphatic rings. The van der Waals surface area contributed by atoms with E-state index in [0.29, 0.717) is 18.4 Å². The normalized spacial score (nSPS) is 21.3. The zero-order valence-electron chi connectivity index (χ0n) is 7.37. The van der Waals surface area contributed by atoms with Crippen molar-refractivity contribution in [2.45, 2.75) is 19.8 Å². The minimum Gasteiger partial charge on any atom is -0.468 e. The zero-order chi connectivity index (χ0) is 9.42. The van der Waals surface area contributed by atoms with Gasteiger partial charge in [-0.05, 0) is 18.9 Å². The van der Waals surface area contributed by atoms with Crippen LogP contribution in [0.15, 0.2) is 10.7 Å². The van der Waals surface area contributed by atoms with E-state index in [-0.39, 0.29) is 5.78 Å². The predicted octanol–water partition coefficient (Wildman–Crippen LogP) is 1.53. The van der Waals surface area contributed by atoms with Gasteiger partial charge in [0.05, 0.1) is 17.7 Å². The number of aldehydes is 1. The number of Topliss-reactive ketones (excluding diaryl/α,β-unsaturated/α-hetero) is 1. The molecule has 68 valence electrons. The number of ketones is 1. The van der Waals surface area contributed by atoms with Gasteiger partial charge in [0.25, 0.3) is 0 Å². The topological polar surface area (TPSA) is 47.3 Å². The number of rotatable bonds is 1. The highest BCUT2D eigenvalue weighted by molar-refractivity contribution is 6.07. The summed E-state index contributed by atoms with van der Waals surface area (Å²) in [7, 11) is 0. The highest BCUT2D eigenvalue weighted by atomic mass is 16.3. The Kier molecular flexibility index (Phi) is 1.79. The van der Waals surface area contributed by atoms with E-state index in [1.54, 1.807) is 6.26 Å². The summed E-state index contributed by atoms with van der Waals surface area (Å²) in [5, 5.41) is 0. The summed E-state index contributed by atoms with van der Waals surface area (Å²) in [6, 6.07) is 0. The lowest BCUT2D eigenvalue weighted by atomic mass is 9.86. The number of hydrogen-bond acceptors (Lipinski definition) is 3. The highest BCUT2D eigenvalue weighted by Crippen LogP contribution is 2.28. The maximum absolute atomic E-state index is 11.6. The average Bonchev–Trinajstić information content (AvgIpc) is 2.49. The molecule has 2 rings (SSSR count). The first-order valence-corrected chi connectivity index (χ1v) is 4.30. The molecular weight excluding hydrogens is 168 g/mol. The molecule has 13 heavy (non-hydrogen) atoms. The molecule has 1 atom stereocenters. The first-order valence-electron chi connectivity index (χ1n) is 4.30. The van der Waals surface area contributed by atoms with E-state index in [0.717, 1.165) is 17.6 Å². The molecule has 1 heterocycles. The van der Waals surface area contributed by atoms with Crippen molar-refractivity contribution in [3.8, 4) is 0 Å². The lowest BCUT2D eigenvalue weighted by Gasteiger charge is -2.14. The number of aryl methyl sites for hydroxylation is 2. The van der Waals surface area contributed by atoms with E-state index in [1.165, 1.54) is 0 Å². The maximum atomic E-state index is 11.6. The van der Waals surface area contributed by atoms with Crippen LogP contribution in [0, 0.1) is 12.8 Å². The molecule has 1 aromatic rings. The maximum Gasteiger partial charge on any atom is 0.176 e. The first kappa shape index (κ1) is 8.23. The molecule has 0 amide bonds. The fourth-order valence-electron chi connectivity index (χ4n) is 1.75. The molecule has 1 aliphatic carbocycles. The quantitative estimate of drug-likeness (QED) is 0.484. The lowest BCUT2D eigenvalue weighted by Crippen LogP contribution is -2.23. The Balaban J connectivity index is 2.48. The Bertz CT molecular complexity index is 362. The van der Waals surface area contributed by atoms with Gasteiger partial charge in [0.1, 0.15) is 12.0 Å². The molecule has 0 radical (unpaired) electrons. The lowest BCUT2D eigenvalue weighted by molar-refractivity contribution is -0.110. The molecule has 0 saturated heterocycles. The van der Waals surface area contributed by atoms with E-state index < -0.39 is 5.92 Å². The van der Waals surface area contributed by atoms with Crippen LogP contribution >= 0.6 is 0 Å². The Morgan fingerprint density at radius 1 is 1.62 bits per heavy atom. The van der Waals surface area contributed by atoms with Gasteiger partial charge < -0.3 is 9.21 Å². The third-order valence-electron chi connectivity index (χ3n) is 2.48. The molecule has 0 aromatic carbocycles. The van der Waals surface area contributed by atoms with Gasteiger partial charge in [0.2, 0.25) is 0 Å². The van der Waals surface area contributed by atoms with E-state index in [9.17, 15) is 9.59 Å². The number of fused-ring (bicyclic) bond motifs is 1. The number of carbonyl (C=O) groups is 2. The highest BCUT2D eigenvalue weighted by Gasteiger charge is 2.30. The third-order valence-corrected chi connectivity index (χ3v) is 2.48. The van der Waals surface area contributed by atoms with E-state index in [2.05, 4.69) is 0 Å². The molecule has 0 N–H and O–H groups in total. The SMILES string of the molecule is Cc1coc2c1C(=O)C(C=O)CC2. The van der Waals surface area contributed by atoms with E-state index >= 15 is 0 Å². The van der Waals surface area contributed by atoms with Crippen molar-refractivity contribution in [3.05, 3.63) is 23.2 Å². The van der Waals surface area contributed by atoms with Crippen molar-refractivity contribution < 1.29 is 14.0 Å². The van der Waals surface area contributed by atoms with E-state index in [1.807, 2.05) is 6.92 Å². The summed E-state index contributed by atoms with van der Waals surface area (Å²) in [5.74, 6) is 0.201. The molecule has 1 unspecified atom stereocenters. The van der Waals surface area contributed by atoms with Crippen LogP contribution < -0.4 is 0 Å². The molecule has 0 aliphatic heterocycles. The summed E-state index contributed by atoms with van der Waals surface area (Å²) in [6.45, 7) is 1.83. The van der Waals surface area contributed by atoms with Crippen molar-refractivity contribution in [2.24, 2.45) is 5.92 Å². The van der Waals surface area contributed by atoms with Gasteiger partial charge in [-0.25, -0.2) is 0 Å². The largest absolute Gasteiger partial charge is 0.468 e. The smallest absolute Gasteiger partial charge is 0.176 e. The van der Waals surface area contributed by atoms with Crippen LogP contribution in [-0.2, 0) is 11.2 Å². The fraction of sp³-hybridized carbons (Fsp3) is 0.400. The molecule has 3 nitrogen and oxygen atoms in total. The Hall–Kier alpha value is -1.38. The standard InChI is InChI=1S/C10H10O3/c1-6-5-13-8-3-2-7(4-11)10(12)9(6)8/h4-5,7H,2-3H2,1H3. The minimum absolute atomic E-state index is 0.0810. The molecular formula is C10H10O3. The summed E-state index contributed by atoms with van der Waals surface area (Å²) < 4.78 is 5.21. The van der Waals surface area contributed by atoms with Gasteiger partial charge in [-0.2, -0.15) is 0 Å². The average molecular weight is 178 g/mol. The van der Waals surface area contributed by atoms with Crippen LogP contribution in [0.2, 0.25) is 0 Å². The van der Waals surface area contributed by atoms with Gasteiger partial charge in [-0.3, -0.25) is 4.79 Å². The van der Waals surface area contributed by atoms with Gasteiger partial charge in [0, 0.05) is 6.42 Å². The minimum atomic E-state index is -0.455. The van der Waals surface area contributed by atoms with Crippen molar-refractivity contribution in [3.63, 3.8) is 0 Å². The molecule has 0 bridgehead atoms. The van der Waals surface area contributed by atoms with Crippen LogP contribution in [0.4, 0.5) is 0 Å². The molecule has 0 saturated carbocycles. The van der Waals surface area contributed by atoms with Gasteiger partial charge in [-0.15, -0.1) is 0 Å². The summed E-state index contributed by atoms with van der Waals surface area (Å²) in [6.07, 6.45) is 3.59. The Morgan fingerprint density at radius 2 is 2.38 bits per heavy atom. The summed E-state index contributed by atoms with van der Waals surface area (Å²) in [5.41, 5.74) is 1.47. The molecule has 1 aromatic heterocycles. The van der Waals surface area contributed by atoms with Crippen molar-refractivity contribution in [1.29, 1.82) is 0 Å². The second-order valence-corrected chi connectivity index (χ2v) is 3.36. The second kappa shape index (κ2) is 2.83. The summed E-state index contributed by atoms with van der Waals surface area (Å²) in [4.78, 5) is 22.2. The third kappa shape index (κ3) is 1.11. The van der Waals surface area contributed by atoms with Crippen LogP contribution in [0.1, 0.15) is 28.1 Å². The number of furan rings is 1. The van der Waals surface area contributed by atoms with Crippen molar-refractivity contribution >= 4 is 12.1 Å². The monoisotopic (exact) mass is 178 g/mol. The second-order valence-electron chi connectivity index (χ2n) is 3.36. The summed E-state index contributed by atoms with van der Waals surface area (Å²) >= 11 is 0. The van der Waals surface area contributed by atoms with E-state index in [4.69, 9.17) is 4.42 Å². The van der Waals surface area contributed by atoms with Crippen LogP contribution in [-0.4, -0.2) is 12.1 Å². The molecule has 0 fully saturated rings. The zero-order valence-corrected chi connectivity index (χ0v) is 7.37. The van der Waals surface area contributed by atoms with Gasteiger partial charge >= 0.3 is 0 Å². The first-order chi connectivity index (χ1) is 6.24.